The molecule has 1 unspecified atom stereocenters. The summed E-state index contributed by atoms with van der Waals surface area (Å²) < 4.78 is 0. The largest absolute Gasteiger partial charge is 0.411 e. The van der Waals surface area contributed by atoms with Crippen LogP contribution in [-0.2, 0) is 0 Å². The molecule has 0 saturated heterocycles. The summed E-state index contributed by atoms with van der Waals surface area (Å²) >= 11 is 0. The van der Waals surface area contributed by atoms with Crippen molar-refractivity contribution in [2.24, 2.45) is 5.90 Å². The van der Waals surface area contributed by atoms with Gasteiger partial charge >= 0.3 is 0 Å². The molecule has 3 aromatic carbocycles. The average Bonchev–Trinajstić information content (AvgIpc) is 2.87. The van der Waals surface area contributed by atoms with E-state index in [1.807, 2.05) is 42.5 Å². The van der Waals surface area contributed by atoms with Gasteiger partial charge in [0.1, 0.15) is 0 Å². The van der Waals surface area contributed by atoms with E-state index in [-0.39, 0.29) is 6.04 Å². The van der Waals surface area contributed by atoms with Gasteiger partial charge in [-0.2, -0.15) is 5.90 Å². The molecule has 3 N–H and O–H groups in total. The number of hydrogen-bond donors (Lipinski definition) is 2. The second-order valence-electron chi connectivity index (χ2n) is 9.24. The zero-order valence-electron chi connectivity index (χ0n) is 20.3. The summed E-state index contributed by atoms with van der Waals surface area (Å²) in [7, 11) is 0. The maximum atomic E-state index is 5.75. The van der Waals surface area contributed by atoms with Crippen molar-refractivity contribution in [3.8, 4) is 17.0 Å². The quantitative estimate of drug-likeness (QED) is 0.273. The molecule has 4 rings (SSSR count). The van der Waals surface area contributed by atoms with Gasteiger partial charge in [-0.3, -0.25) is 4.98 Å². The first-order chi connectivity index (χ1) is 16.5. The van der Waals surface area contributed by atoms with E-state index in [1.165, 1.54) is 11.1 Å². The summed E-state index contributed by atoms with van der Waals surface area (Å²) in [6, 6.07) is 30.9. The first kappa shape index (κ1) is 23.5. The Bertz CT molecular complexity index is 1220. The molecule has 0 fully saturated rings. The van der Waals surface area contributed by atoms with Gasteiger partial charge in [0, 0.05) is 16.8 Å². The van der Waals surface area contributed by atoms with Crippen LogP contribution in [0, 0.1) is 0 Å². The van der Waals surface area contributed by atoms with E-state index in [4.69, 9.17) is 15.7 Å². The Morgan fingerprint density at radius 3 is 2.06 bits per heavy atom. The van der Waals surface area contributed by atoms with Gasteiger partial charge in [0.05, 0.1) is 17.4 Å². The molecule has 0 saturated carbocycles. The van der Waals surface area contributed by atoms with Crippen LogP contribution in [0.25, 0.3) is 11.3 Å². The molecule has 1 heterocycles. The van der Waals surface area contributed by atoms with Gasteiger partial charge < -0.3 is 10.2 Å². The molecule has 0 aliphatic heterocycles. The van der Waals surface area contributed by atoms with E-state index in [2.05, 4.69) is 81.5 Å². The molecule has 34 heavy (non-hydrogen) atoms. The summed E-state index contributed by atoms with van der Waals surface area (Å²) in [4.78, 5) is 10.4. The van der Waals surface area contributed by atoms with Crippen molar-refractivity contribution in [1.82, 2.24) is 4.98 Å². The lowest BCUT2D eigenvalue weighted by Crippen LogP contribution is -2.17. The van der Waals surface area contributed by atoms with E-state index in [0.717, 1.165) is 28.2 Å². The summed E-state index contributed by atoms with van der Waals surface area (Å²) in [6.45, 7) is 8.72. The summed E-state index contributed by atoms with van der Waals surface area (Å²) in [5, 5.41) is 3.68. The number of nitrogens with one attached hydrogen (secondary N) is 1. The topological polar surface area (TPSA) is 60.2 Å². The molecule has 0 bridgehead atoms. The maximum absolute atomic E-state index is 5.75. The molecule has 174 valence electrons. The second kappa shape index (κ2) is 10.5. The van der Waals surface area contributed by atoms with Gasteiger partial charge in [-0.05, 0) is 53.3 Å². The molecular formula is C30H33N3O. The minimum absolute atomic E-state index is 0.242. The molecule has 0 aliphatic carbocycles. The third kappa shape index (κ3) is 5.29. The van der Waals surface area contributed by atoms with Gasteiger partial charge in [-0.15, -0.1) is 0 Å². The Balaban J connectivity index is 1.79. The zero-order chi connectivity index (χ0) is 24.1. The predicted octanol–water partition coefficient (Wildman–Crippen LogP) is 7.45. The molecule has 1 aromatic heterocycles. The van der Waals surface area contributed by atoms with Crippen LogP contribution < -0.4 is 16.1 Å². The van der Waals surface area contributed by atoms with Crippen molar-refractivity contribution in [2.45, 2.75) is 45.6 Å². The van der Waals surface area contributed by atoms with Crippen LogP contribution in [0.5, 0.6) is 5.75 Å². The Morgan fingerprint density at radius 1 is 0.735 bits per heavy atom. The van der Waals surface area contributed by atoms with Crippen molar-refractivity contribution in [3.63, 3.8) is 0 Å². The smallest absolute Gasteiger partial charge is 0.152 e. The van der Waals surface area contributed by atoms with Gasteiger partial charge in [-0.25, -0.2) is 0 Å². The van der Waals surface area contributed by atoms with Gasteiger partial charge in [-0.1, -0.05) is 88.4 Å². The van der Waals surface area contributed by atoms with Crippen LogP contribution in [-0.4, -0.2) is 4.98 Å². The highest BCUT2D eigenvalue weighted by Crippen LogP contribution is 2.35. The highest BCUT2D eigenvalue weighted by Gasteiger charge is 2.22. The van der Waals surface area contributed by atoms with Crippen LogP contribution in [0.1, 0.15) is 68.0 Å². The normalized spacial score (nSPS) is 12.1. The van der Waals surface area contributed by atoms with Crippen LogP contribution in [0.15, 0.2) is 91.0 Å². The molecule has 0 amide bonds. The fourth-order valence-electron chi connectivity index (χ4n) is 4.07. The Labute approximate surface area is 202 Å². The predicted molar refractivity (Wildman–Crippen MR) is 141 cm³/mol. The standard InChI is InChI=1S/C30H33N3O/c1-20(2)22-13-16-25(17-14-22)32-30(26-18-15-24(21(3)4)19-29(26)34-31)28-12-8-11-27(33-28)23-9-6-5-7-10-23/h5-21,30,32H,31H2,1-4H3. The molecule has 0 radical (unpaired) electrons. The summed E-state index contributed by atoms with van der Waals surface area (Å²) in [6.07, 6.45) is 0. The Hall–Kier alpha value is -3.63. The number of nitrogens with zero attached hydrogens (tertiary/aromatic N) is 1. The van der Waals surface area contributed by atoms with Gasteiger partial charge in [0.15, 0.2) is 5.75 Å². The first-order valence-corrected chi connectivity index (χ1v) is 11.9. The summed E-state index contributed by atoms with van der Waals surface area (Å²) in [5.74, 6) is 7.26. The highest BCUT2D eigenvalue weighted by molar-refractivity contribution is 5.60. The number of aromatic nitrogens is 1. The number of rotatable bonds is 8. The minimum atomic E-state index is -0.242. The maximum Gasteiger partial charge on any atom is 0.152 e. The monoisotopic (exact) mass is 451 g/mol. The number of pyridine rings is 1. The number of nitrogens with two attached hydrogens (primary N) is 1. The van der Waals surface area contributed by atoms with Crippen molar-refractivity contribution in [3.05, 3.63) is 113 Å². The van der Waals surface area contributed by atoms with E-state index in [0.29, 0.717) is 17.6 Å². The minimum Gasteiger partial charge on any atom is -0.411 e. The van der Waals surface area contributed by atoms with Crippen LogP contribution >= 0.6 is 0 Å². The first-order valence-electron chi connectivity index (χ1n) is 11.9. The number of benzene rings is 3. The van der Waals surface area contributed by atoms with Crippen molar-refractivity contribution >= 4 is 5.69 Å². The van der Waals surface area contributed by atoms with Crippen molar-refractivity contribution < 1.29 is 4.84 Å². The van der Waals surface area contributed by atoms with Crippen molar-refractivity contribution in [2.75, 3.05) is 5.32 Å². The molecule has 4 heteroatoms. The van der Waals surface area contributed by atoms with Crippen LogP contribution in [0.4, 0.5) is 5.69 Å². The van der Waals surface area contributed by atoms with Crippen LogP contribution in [0.2, 0.25) is 0 Å². The Morgan fingerprint density at radius 2 is 1.41 bits per heavy atom. The third-order valence-electron chi connectivity index (χ3n) is 6.17. The fraction of sp³-hybridized carbons (Fsp3) is 0.233. The second-order valence-corrected chi connectivity index (χ2v) is 9.24. The van der Waals surface area contributed by atoms with E-state index >= 15 is 0 Å². The van der Waals surface area contributed by atoms with Crippen molar-refractivity contribution in [1.29, 1.82) is 0 Å². The van der Waals surface area contributed by atoms with E-state index in [1.54, 1.807) is 0 Å². The number of anilines is 1. The van der Waals surface area contributed by atoms with Gasteiger partial charge in [0.2, 0.25) is 0 Å². The number of hydrogen-bond acceptors (Lipinski definition) is 4. The summed E-state index contributed by atoms with van der Waals surface area (Å²) in [5.41, 5.74) is 7.33. The lowest BCUT2D eigenvalue weighted by Gasteiger charge is -2.23. The fourth-order valence-corrected chi connectivity index (χ4v) is 4.07. The zero-order valence-corrected chi connectivity index (χ0v) is 20.3. The molecule has 0 aliphatic rings. The SMILES string of the molecule is CC(C)c1ccc(NC(c2cccc(-c3ccccc3)n2)c2ccc(C(C)C)cc2ON)cc1. The lowest BCUT2D eigenvalue weighted by molar-refractivity contribution is 0.329. The third-order valence-corrected chi connectivity index (χ3v) is 6.17. The lowest BCUT2D eigenvalue weighted by atomic mass is 9.95. The average molecular weight is 452 g/mol. The highest BCUT2D eigenvalue weighted by atomic mass is 16.6. The molecular weight excluding hydrogens is 418 g/mol. The van der Waals surface area contributed by atoms with E-state index < -0.39 is 0 Å². The van der Waals surface area contributed by atoms with Crippen LogP contribution in [0.3, 0.4) is 0 Å². The molecule has 4 nitrogen and oxygen atoms in total. The van der Waals surface area contributed by atoms with E-state index in [9.17, 15) is 0 Å². The Kier molecular flexibility index (Phi) is 7.29. The molecule has 1 atom stereocenters. The molecule has 4 aromatic rings. The molecule has 0 spiro atoms. The van der Waals surface area contributed by atoms with Gasteiger partial charge in [0.25, 0.3) is 0 Å².